The third kappa shape index (κ3) is 3.43. The number of rotatable bonds is 3. The highest BCUT2D eigenvalue weighted by Crippen LogP contribution is 2.42. The zero-order valence-corrected chi connectivity index (χ0v) is 23.3. The molecule has 0 N–H and O–H groups in total. The summed E-state index contributed by atoms with van der Waals surface area (Å²) in [6.45, 7) is 16.2. The van der Waals surface area contributed by atoms with Crippen molar-refractivity contribution < 1.29 is 8.98 Å². The molecule has 3 heteroatoms. The average Bonchev–Trinajstić information content (AvgIpc) is 3.37. The van der Waals surface area contributed by atoms with Gasteiger partial charge in [-0.15, -0.1) is 0 Å². The fraction of sp³-hybridized carbons (Fsp3) is 0.324. The van der Waals surface area contributed by atoms with Gasteiger partial charge in [-0.2, -0.15) is 4.57 Å². The summed E-state index contributed by atoms with van der Waals surface area (Å²) in [5, 5.41) is 4.95. The van der Waals surface area contributed by atoms with E-state index in [0.717, 1.165) is 11.2 Å². The number of furan rings is 1. The molecule has 6 aromatic rings. The Morgan fingerprint density at radius 3 is 2.14 bits per heavy atom. The Labute approximate surface area is 219 Å². The third-order valence-electron chi connectivity index (χ3n) is 7.79. The molecule has 0 aliphatic rings. The van der Waals surface area contributed by atoms with Gasteiger partial charge in [-0.05, 0) is 68.3 Å². The maximum atomic E-state index is 6.65. The van der Waals surface area contributed by atoms with Crippen LogP contribution in [0, 0.1) is 0 Å². The molecule has 6 rings (SSSR count). The van der Waals surface area contributed by atoms with Gasteiger partial charge in [0, 0.05) is 27.3 Å². The molecule has 0 aliphatic heterocycles. The van der Waals surface area contributed by atoms with Crippen LogP contribution in [0.4, 0.5) is 0 Å². The van der Waals surface area contributed by atoms with Gasteiger partial charge in [0.05, 0.1) is 12.5 Å². The predicted octanol–water partition coefficient (Wildman–Crippen LogP) is 9.05. The van der Waals surface area contributed by atoms with Crippen LogP contribution in [-0.4, -0.2) is 4.57 Å². The molecule has 4 aromatic carbocycles. The van der Waals surface area contributed by atoms with Crippen LogP contribution in [0.2, 0.25) is 0 Å². The Bertz CT molecular complexity index is 1820. The van der Waals surface area contributed by atoms with Crippen LogP contribution in [0.1, 0.15) is 77.3 Å². The smallest absolute Gasteiger partial charge is 0.267 e. The van der Waals surface area contributed by atoms with Crippen LogP contribution in [0.3, 0.4) is 0 Å². The molecule has 0 unspecified atom stereocenters. The zero-order chi connectivity index (χ0) is 26.2. The van der Waals surface area contributed by atoms with Gasteiger partial charge in [0.1, 0.15) is 16.9 Å². The van der Waals surface area contributed by atoms with E-state index in [4.69, 9.17) is 4.42 Å². The van der Waals surface area contributed by atoms with Crippen molar-refractivity contribution in [2.24, 2.45) is 7.05 Å². The molecule has 0 fully saturated rings. The molecular weight excluding hydrogens is 452 g/mol. The van der Waals surface area contributed by atoms with Gasteiger partial charge in [0.2, 0.25) is 0 Å². The molecule has 0 spiro atoms. The second-order valence-corrected chi connectivity index (χ2v) is 12.1. The minimum atomic E-state index is -0.0831. The van der Waals surface area contributed by atoms with E-state index in [1.54, 1.807) is 0 Å². The first-order chi connectivity index (χ1) is 17.6. The first kappa shape index (κ1) is 23.8. The number of hydrogen-bond acceptors (Lipinski definition) is 1. The van der Waals surface area contributed by atoms with Crippen molar-refractivity contribution >= 4 is 43.7 Å². The second kappa shape index (κ2) is 8.21. The second-order valence-electron chi connectivity index (χ2n) is 12.1. The number of para-hydroxylation sites is 1. The maximum absolute atomic E-state index is 6.65. The lowest BCUT2D eigenvalue weighted by Crippen LogP contribution is -2.43. The number of aryl methyl sites for hydroxylation is 1. The SMILES string of the molecule is CC(C)c1cc2c(oc3ccccc32)c(C(C)C)c1-[n+]1c(C(C)(C)C)n(C)c2ccc3ccccc3c21. The summed E-state index contributed by atoms with van der Waals surface area (Å²) in [5.41, 5.74) is 8.33. The van der Waals surface area contributed by atoms with Crippen LogP contribution in [0.25, 0.3) is 49.4 Å². The fourth-order valence-corrected chi connectivity index (χ4v) is 6.30. The number of benzene rings is 4. The van der Waals surface area contributed by atoms with E-state index in [2.05, 4.69) is 131 Å². The van der Waals surface area contributed by atoms with Gasteiger partial charge in [-0.1, -0.05) is 64.1 Å². The van der Waals surface area contributed by atoms with Gasteiger partial charge in [-0.25, -0.2) is 4.57 Å². The first-order valence-corrected chi connectivity index (χ1v) is 13.5. The number of hydrogen-bond donors (Lipinski definition) is 0. The van der Waals surface area contributed by atoms with E-state index in [9.17, 15) is 0 Å². The molecule has 0 aliphatic carbocycles. The highest BCUT2D eigenvalue weighted by Gasteiger charge is 2.38. The Balaban J connectivity index is 1.92. The molecule has 0 saturated carbocycles. The summed E-state index contributed by atoms with van der Waals surface area (Å²) in [5.74, 6) is 1.91. The lowest BCUT2D eigenvalue weighted by Gasteiger charge is -2.22. The van der Waals surface area contributed by atoms with Crippen LogP contribution >= 0.6 is 0 Å². The van der Waals surface area contributed by atoms with Crippen LogP contribution in [0.5, 0.6) is 0 Å². The Morgan fingerprint density at radius 1 is 0.784 bits per heavy atom. The van der Waals surface area contributed by atoms with E-state index in [1.165, 1.54) is 55.2 Å². The molecule has 0 radical (unpaired) electrons. The lowest BCUT2D eigenvalue weighted by molar-refractivity contribution is -0.582. The van der Waals surface area contributed by atoms with Crippen molar-refractivity contribution in [1.82, 2.24) is 4.57 Å². The average molecular weight is 490 g/mol. The Hall–Kier alpha value is -3.59. The number of imidazole rings is 1. The van der Waals surface area contributed by atoms with Gasteiger partial charge >= 0.3 is 0 Å². The van der Waals surface area contributed by atoms with E-state index < -0.39 is 0 Å². The zero-order valence-electron chi connectivity index (χ0n) is 23.3. The highest BCUT2D eigenvalue weighted by molar-refractivity contribution is 6.07. The topological polar surface area (TPSA) is 21.9 Å². The standard InChI is InChI=1S/C34H37N2O/c1-20(2)25-19-26-24-15-11-12-16-28(24)37-32(26)29(21(3)4)31(25)36-30-23-14-10-9-13-22(23)17-18-27(30)35(8)33(36)34(5,6)7/h9-21H,1-8H3/q+1. The number of aromatic nitrogens is 2. The molecule has 0 atom stereocenters. The third-order valence-corrected chi connectivity index (χ3v) is 7.79. The minimum absolute atomic E-state index is 0.0831. The molecule has 2 heterocycles. The Kier molecular flexibility index (Phi) is 5.28. The van der Waals surface area contributed by atoms with Crippen LogP contribution in [0.15, 0.2) is 71.1 Å². The summed E-state index contributed by atoms with van der Waals surface area (Å²) in [7, 11) is 2.22. The maximum Gasteiger partial charge on any atom is 0.267 e. The van der Waals surface area contributed by atoms with Crippen molar-refractivity contribution in [2.45, 2.75) is 65.7 Å². The van der Waals surface area contributed by atoms with E-state index in [1.807, 2.05) is 0 Å². The van der Waals surface area contributed by atoms with Crippen LogP contribution in [-0.2, 0) is 12.5 Å². The van der Waals surface area contributed by atoms with E-state index >= 15 is 0 Å². The molecule has 3 nitrogen and oxygen atoms in total. The van der Waals surface area contributed by atoms with Crippen molar-refractivity contribution in [3.8, 4) is 5.69 Å². The van der Waals surface area contributed by atoms with Crippen molar-refractivity contribution in [1.29, 1.82) is 0 Å². The van der Waals surface area contributed by atoms with Crippen LogP contribution < -0.4 is 4.57 Å². The molecular formula is C34H37N2O+. The highest BCUT2D eigenvalue weighted by atomic mass is 16.3. The summed E-state index contributed by atoms with van der Waals surface area (Å²) in [6.07, 6.45) is 0. The number of fused-ring (bicyclic) bond motifs is 6. The summed E-state index contributed by atoms with van der Waals surface area (Å²) < 4.78 is 11.6. The largest absolute Gasteiger partial charge is 0.456 e. The summed E-state index contributed by atoms with van der Waals surface area (Å²) >= 11 is 0. The predicted molar refractivity (Wildman–Crippen MR) is 156 cm³/mol. The normalized spacial score (nSPS) is 12.8. The quantitative estimate of drug-likeness (QED) is 0.227. The van der Waals surface area contributed by atoms with Crippen molar-refractivity contribution in [3.63, 3.8) is 0 Å². The number of nitrogens with zero attached hydrogens (tertiary/aromatic N) is 2. The molecule has 0 bridgehead atoms. The van der Waals surface area contributed by atoms with Crippen molar-refractivity contribution in [2.75, 3.05) is 0 Å². The summed E-state index contributed by atoms with van der Waals surface area (Å²) in [4.78, 5) is 0. The van der Waals surface area contributed by atoms with Crippen molar-refractivity contribution in [3.05, 3.63) is 83.7 Å². The monoisotopic (exact) mass is 489 g/mol. The molecule has 188 valence electrons. The first-order valence-electron chi connectivity index (χ1n) is 13.5. The molecule has 2 aromatic heterocycles. The van der Waals surface area contributed by atoms with Gasteiger partial charge in [-0.3, -0.25) is 0 Å². The fourth-order valence-electron chi connectivity index (χ4n) is 6.30. The van der Waals surface area contributed by atoms with Gasteiger partial charge < -0.3 is 4.42 Å². The van der Waals surface area contributed by atoms with E-state index in [0.29, 0.717) is 5.92 Å². The van der Waals surface area contributed by atoms with Gasteiger partial charge in [0.25, 0.3) is 5.82 Å². The minimum Gasteiger partial charge on any atom is -0.456 e. The summed E-state index contributed by atoms with van der Waals surface area (Å²) in [6, 6.07) is 24.2. The molecule has 37 heavy (non-hydrogen) atoms. The lowest BCUT2D eigenvalue weighted by atomic mass is 9.88. The van der Waals surface area contributed by atoms with E-state index in [-0.39, 0.29) is 11.3 Å². The molecule has 0 saturated heterocycles. The van der Waals surface area contributed by atoms with Gasteiger partial charge in [0.15, 0.2) is 11.0 Å². The Morgan fingerprint density at radius 2 is 1.46 bits per heavy atom. The molecule has 0 amide bonds.